The molecule has 2 heterocycles. The molecule has 0 N–H and O–H groups in total. The molecule has 3 aromatic rings. The third-order valence-corrected chi connectivity index (χ3v) is 5.97. The lowest BCUT2D eigenvalue weighted by molar-refractivity contribution is 0.290. The van der Waals surface area contributed by atoms with Crippen molar-refractivity contribution < 1.29 is 0 Å². The lowest BCUT2D eigenvalue weighted by atomic mass is 9.91. The number of anilines is 1. The van der Waals surface area contributed by atoms with Crippen molar-refractivity contribution in [3.63, 3.8) is 0 Å². The van der Waals surface area contributed by atoms with Crippen LogP contribution in [0.5, 0.6) is 0 Å². The molecule has 0 radical (unpaired) electrons. The number of hydrogen-bond donors (Lipinski definition) is 0. The number of rotatable bonds is 3. The molecule has 0 bridgehead atoms. The first-order chi connectivity index (χ1) is 13.7. The van der Waals surface area contributed by atoms with E-state index in [1.807, 2.05) is 0 Å². The summed E-state index contributed by atoms with van der Waals surface area (Å²) in [6, 6.07) is 17.4. The summed E-state index contributed by atoms with van der Waals surface area (Å²) in [4.78, 5) is 2.51. The first kappa shape index (κ1) is 19.7. The highest BCUT2D eigenvalue weighted by molar-refractivity contribution is 5.88. The average Bonchev–Trinajstić information content (AvgIpc) is 3.09. The topological polar surface area (TPSA) is 34.0 Å². The van der Waals surface area contributed by atoms with Crippen molar-refractivity contribution in [3.8, 4) is 22.5 Å². The highest BCUT2D eigenvalue weighted by Crippen LogP contribution is 2.44. The van der Waals surface area contributed by atoms with Crippen LogP contribution in [0.25, 0.3) is 22.5 Å². The van der Waals surface area contributed by atoms with Crippen LogP contribution in [0, 0.1) is 0 Å². The van der Waals surface area contributed by atoms with Gasteiger partial charge in [0.25, 0.3) is 0 Å². The van der Waals surface area contributed by atoms with E-state index in [4.69, 9.17) is 10.3 Å². The monoisotopic (exact) mass is 388 g/mol. The van der Waals surface area contributed by atoms with E-state index in [1.165, 1.54) is 22.4 Å². The minimum atomic E-state index is -0.108. The SMILES string of the molecule is CCCC(C)(C)n1nnc2c1-c1ccccc1N(C(C)(C)C)Cc1ccccc1-2. The highest BCUT2D eigenvalue weighted by atomic mass is 15.5. The molecule has 1 aliphatic rings. The van der Waals surface area contributed by atoms with E-state index < -0.39 is 0 Å². The summed E-state index contributed by atoms with van der Waals surface area (Å²) in [5.74, 6) is 0. The Morgan fingerprint density at radius 2 is 1.55 bits per heavy atom. The van der Waals surface area contributed by atoms with Crippen LogP contribution >= 0.6 is 0 Å². The minimum Gasteiger partial charge on any atom is -0.362 e. The minimum absolute atomic E-state index is 0.0159. The standard InChI is InChI=1S/C25H32N4/c1-7-16-25(5,6)29-23-20-14-10-11-15-21(20)28(24(2,3)4)17-18-12-8-9-13-19(18)22(23)26-27-29/h8-15H,7,16-17H2,1-6H3. The number of para-hydroxylation sites is 1. The Hall–Kier alpha value is -2.62. The second-order valence-electron chi connectivity index (χ2n) is 9.69. The molecule has 0 fully saturated rings. The highest BCUT2D eigenvalue weighted by Gasteiger charge is 2.34. The molecule has 4 heteroatoms. The molecule has 2 aromatic carbocycles. The zero-order chi connectivity index (χ0) is 20.8. The maximum Gasteiger partial charge on any atom is 0.121 e. The van der Waals surface area contributed by atoms with Crippen molar-refractivity contribution in [2.45, 2.75) is 72.0 Å². The number of aromatic nitrogens is 3. The predicted octanol–water partition coefficient (Wildman–Crippen LogP) is 6.27. The lowest BCUT2D eigenvalue weighted by Crippen LogP contribution is -2.41. The molecular weight excluding hydrogens is 356 g/mol. The van der Waals surface area contributed by atoms with Crippen molar-refractivity contribution in [2.24, 2.45) is 0 Å². The zero-order valence-electron chi connectivity index (χ0n) is 18.5. The summed E-state index contributed by atoms with van der Waals surface area (Å²) in [5, 5.41) is 9.43. The Balaban J connectivity index is 2.08. The van der Waals surface area contributed by atoms with Gasteiger partial charge in [-0.15, -0.1) is 5.10 Å². The first-order valence-corrected chi connectivity index (χ1v) is 10.7. The van der Waals surface area contributed by atoms with Crippen LogP contribution in [0.1, 0.15) is 59.9 Å². The van der Waals surface area contributed by atoms with Gasteiger partial charge in [0.05, 0.1) is 11.2 Å². The third-order valence-electron chi connectivity index (χ3n) is 5.97. The molecule has 29 heavy (non-hydrogen) atoms. The Labute approximate surface area is 174 Å². The summed E-state index contributed by atoms with van der Waals surface area (Å²) in [6.45, 7) is 14.5. The van der Waals surface area contributed by atoms with Crippen LogP contribution in [0.15, 0.2) is 48.5 Å². The second-order valence-corrected chi connectivity index (χ2v) is 9.69. The van der Waals surface area contributed by atoms with Crippen molar-refractivity contribution in [1.82, 2.24) is 15.0 Å². The summed E-state index contributed by atoms with van der Waals surface area (Å²) < 4.78 is 2.16. The van der Waals surface area contributed by atoms with Crippen LogP contribution in [-0.4, -0.2) is 20.5 Å². The first-order valence-electron chi connectivity index (χ1n) is 10.7. The summed E-state index contributed by atoms with van der Waals surface area (Å²) in [5.41, 5.74) is 6.92. The lowest BCUT2D eigenvalue weighted by Gasteiger charge is -2.40. The molecule has 0 unspecified atom stereocenters. The molecule has 1 aromatic heterocycles. The van der Waals surface area contributed by atoms with Crippen LogP contribution in [0.3, 0.4) is 0 Å². The van der Waals surface area contributed by atoms with E-state index in [9.17, 15) is 0 Å². The fourth-order valence-electron chi connectivity index (χ4n) is 4.50. The van der Waals surface area contributed by atoms with Gasteiger partial charge in [0.1, 0.15) is 5.69 Å². The molecule has 4 rings (SSSR count). The fourth-order valence-corrected chi connectivity index (χ4v) is 4.50. The number of hydrogen-bond acceptors (Lipinski definition) is 3. The quantitative estimate of drug-likeness (QED) is 0.530. The van der Waals surface area contributed by atoms with Crippen molar-refractivity contribution >= 4 is 5.69 Å². The van der Waals surface area contributed by atoms with Crippen molar-refractivity contribution in [1.29, 1.82) is 0 Å². The molecule has 1 aliphatic heterocycles. The largest absolute Gasteiger partial charge is 0.362 e. The van der Waals surface area contributed by atoms with Gasteiger partial charge in [-0.3, -0.25) is 0 Å². The molecule has 4 nitrogen and oxygen atoms in total. The molecule has 0 saturated heterocycles. The van der Waals surface area contributed by atoms with Gasteiger partial charge >= 0.3 is 0 Å². The maximum atomic E-state index is 4.73. The van der Waals surface area contributed by atoms with Gasteiger partial charge < -0.3 is 4.90 Å². The van der Waals surface area contributed by atoms with Crippen molar-refractivity contribution in [3.05, 3.63) is 54.1 Å². The van der Waals surface area contributed by atoms with E-state index in [1.54, 1.807) is 0 Å². The van der Waals surface area contributed by atoms with E-state index in [0.29, 0.717) is 0 Å². The average molecular weight is 389 g/mol. The predicted molar refractivity (Wildman–Crippen MR) is 121 cm³/mol. The normalized spacial score (nSPS) is 13.9. The zero-order valence-corrected chi connectivity index (χ0v) is 18.5. The Morgan fingerprint density at radius 1 is 0.897 bits per heavy atom. The molecule has 0 spiro atoms. The van der Waals surface area contributed by atoms with Crippen molar-refractivity contribution in [2.75, 3.05) is 4.90 Å². The van der Waals surface area contributed by atoms with Crippen LogP contribution in [0.4, 0.5) is 5.69 Å². The van der Waals surface area contributed by atoms with Crippen LogP contribution in [0.2, 0.25) is 0 Å². The van der Waals surface area contributed by atoms with E-state index in [0.717, 1.165) is 30.8 Å². The Kier molecular flexibility index (Phi) is 4.76. The van der Waals surface area contributed by atoms with Gasteiger partial charge in [-0.05, 0) is 52.7 Å². The number of nitrogens with zero attached hydrogens (tertiary/aromatic N) is 4. The molecule has 0 atom stereocenters. The van der Waals surface area contributed by atoms with Gasteiger partial charge in [-0.1, -0.05) is 61.0 Å². The maximum absolute atomic E-state index is 4.73. The smallest absolute Gasteiger partial charge is 0.121 e. The van der Waals surface area contributed by atoms with E-state index in [-0.39, 0.29) is 11.1 Å². The number of benzene rings is 2. The van der Waals surface area contributed by atoms with Gasteiger partial charge in [0.15, 0.2) is 0 Å². The van der Waals surface area contributed by atoms with Crippen LogP contribution in [-0.2, 0) is 12.1 Å². The van der Waals surface area contributed by atoms with Gasteiger partial charge in [-0.2, -0.15) is 0 Å². The summed E-state index contributed by atoms with van der Waals surface area (Å²) >= 11 is 0. The molecular formula is C25H32N4. The molecule has 0 amide bonds. The molecule has 0 saturated carbocycles. The summed E-state index contributed by atoms with van der Waals surface area (Å²) in [6.07, 6.45) is 2.16. The van der Waals surface area contributed by atoms with Gasteiger partial charge in [-0.25, -0.2) is 4.68 Å². The third kappa shape index (κ3) is 3.35. The molecule has 0 aliphatic carbocycles. The van der Waals surface area contributed by atoms with Gasteiger partial charge in [0, 0.05) is 28.9 Å². The second kappa shape index (κ2) is 7.01. The Bertz CT molecular complexity index is 1020. The van der Waals surface area contributed by atoms with E-state index >= 15 is 0 Å². The van der Waals surface area contributed by atoms with E-state index in [2.05, 4.69) is 99.7 Å². The fraction of sp³-hybridized carbons (Fsp3) is 0.440. The summed E-state index contributed by atoms with van der Waals surface area (Å²) in [7, 11) is 0. The molecule has 152 valence electrons. The van der Waals surface area contributed by atoms with Gasteiger partial charge in [0.2, 0.25) is 0 Å². The number of fused-ring (bicyclic) bond motifs is 5. The Morgan fingerprint density at radius 3 is 2.24 bits per heavy atom. The van der Waals surface area contributed by atoms with Crippen LogP contribution < -0.4 is 4.90 Å².